The van der Waals surface area contributed by atoms with Gasteiger partial charge < -0.3 is 15.0 Å². The third-order valence-electron chi connectivity index (χ3n) is 7.42. The molecule has 4 aliphatic carbocycles. The van der Waals surface area contributed by atoms with Crippen molar-refractivity contribution in [3.8, 4) is 0 Å². The van der Waals surface area contributed by atoms with Crippen molar-refractivity contribution in [3.05, 3.63) is 40.4 Å². The molecule has 2 aromatic rings. The van der Waals surface area contributed by atoms with E-state index in [1.165, 1.54) is 38.5 Å². The van der Waals surface area contributed by atoms with Crippen molar-refractivity contribution < 1.29 is 14.3 Å². The van der Waals surface area contributed by atoms with Crippen molar-refractivity contribution in [2.45, 2.75) is 51.4 Å². The largest absolute Gasteiger partial charge is 0.456 e. The first-order valence-electron chi connectivity index (χ1n) is 11.4. The molecule has 1 amide bonds. The van der Waals surface area contributed by atoms with Crippen LogP contribution in [-0.2, 0) is 20.7 Å². The summed E-state index contributed by atoms with van der Waals surface area (Å²) < 4.78 is 5.14. The third-order valence-corrected chi connectivity index (χ3v) is 7.42. The van der Waals surface area contributed by atoms with E-state index in [2.05, 4.69) is 15.3 Å². The van der Waals surface area contributed by atoms with Gasteiger partial charge in [0.05, 0.1) is 17.3 Å². The molecule has 4 fully saturated rings. The lowest BCUT2D eigenvalue weighted by Gasteiger charge is -2.56. The number of rotatable bonds is 7. The highest BCUT2D eigenvalue weighted by Gasteiger charge is 2.50. The molecule has 2 N–H and O–H groups in total. The zero-order chi connectivity index (χ0) is 21.4. The van der Waals surface area contributed by atoms with Gasteiger partial charge in [-0.3, -0.25) is 14.4 Å². The summed E-state index contributed by atoms with van der Waals surface area (Å²) in [6.07, 6.45) is 8.14. The van der Waals surface area contributed by atoms with Crippen molar-refractivity contribution in [3.63, 3.8) is 0 Å². The minimum absolute atomic E-state index is 0.0591. The molecule has 1 aromatic carbocycles. The molecule has 1 aromatic heterocycles. The molecule has 6 rings (SSSR count). The number of nitrogens with zero attached hydrogens (tertiary/aromatic N) is 1. The van der Waals surface area contributed by atoms with Gasteiger partial charge in [0, 0.05) is 13.0 Å². The summed E-state index contributed by atoms with van der Waals surface area (Å²) in [5.74, 6) is 2.26. The second-order valence-electron chi connectivity index (χ2n) is 9.88. The fourth-order valence-corrected chi connectivity index (χ4v) is 6.54. The zero-order valence-electron chi connectivity index (χ0n) is 17.7. The summed E-state index contributed by atoms with van der Waals surface area (Å²) in [5, 5.41) is 3.54. The first kappa shape index (κ1) is 20.2. The molecule has 0 aliphatic heterocycles. The number of amides is 1. The lowest BCUT2D eigenvalue weighted by Crippen LogP contribution is -2.51. The quantitative estimate of drug-likeness (QED) is 0.667. The van der Waals surface area contributed by atoms with Gasteiger partial charge in [-0.05, 0) is 73.8 Å². The molecule has 1 heterocycles. The highest BCUT2D eigenvalue weighted by Crippen LogP contribution is 2.59. The SMILES string of the molecule is O=C(COC(=O)CCc1nc2ccccc2c(=O)[nH]1)NCC12CC3CC(CC(C3)C1)C2. The number of esters is 1. The van der Waals surface area contributed by atoms with E-state index in [9.17, 15) is 14.4 Å². The summed E-state index contributed by atoms with van der Waals surface area (Å²) in [6, 6.07) is 7.07. The summed E-state index contributed by atoms with van der Waals surface area (Å²) in [4.78, 5) is 43.5. The normalized spacial score (nSPS) is 28.6. The van der Waals surface area contributed by atoms with Crippen LogP contribution in [-0.4, -0.2) is 35.0 Å². The number of carbonyl (C=O) groups excluding carboxylic acids is 2. The van der Waals surface area contributed by atoms with Gasteiger partial charge in [0.25, 0.3) is 11.5 Å². The average molecular weight is 424 g/mol. The van der Waals surface area contributed by atoms with E-state index in [0.29, 0.717) is 23.3 Å². The van der Waals surface area contributed by atoms with E-state index in [4.69, 9.17) is 4.74 Å². The number of aryl methyl sites for hydroxylation is 1. The summed E-state index contributed by atoms with van der Waals surface area (Å²) in [5.41, 5.74) is 0.638. The van der Waals surface area contributed by atoms with E-state index in [-0.39, 0.29) is 36.3 Å². The minimum Gasteiger partial charge on any atom is -0.456 e. The molecular formula is C24H29N3O4. The van der Waals surface area contributed by atoms with Crippen LogP contribution in [0.4, 0.5) is 0 Å². The number of benzene rings is 1. The Balaban J connectivity index is 1.07. The van der Waals surface area contributed by atoms with E-state index in [1.54, 1.807) is 18.2 Å². The number of carbonyl (C=O) groups is 2. The molecule has 4 bridgehead atoms. The maximum Gasteiger partial charge on any atom is 0.306 e. The predicted octanol–water partition coefficient (Wildman–Crippen LogP) is 2.73. The number of ether oxygens (including phenoxy) is 1. The molecule has 7 nitrogen and oxygen atoms in total. The molecule has 0 unspecified atom stereocenters. The van der Waals surface area contributed by atoms with Crippen molar-refractivity contribution in [1.29, 1.82) is 0 Å². The Bertz CT molecular complexity index is 1020. The lowest BCUT2D eigenvalue weighted by molar-refractivity contribution is -0.148. The number of fused-ring (bicyclic) bond motifs is 1. The zero-order valence-corrected chi connectivity index (χ0v) is 17.7. The number of hydrogen-bond donors (Lipinski definition) is 2. The van der Waals surface area contributed by atoms with Crippen LogP contribution < -0.4 is 10.9 Å². The van der Waals surface area contributed by atoms with Crippen LogP contribution >= 0.6 is 0 Å². The van der Waals surface area contributed by atoms with Crippen LogP contribution in [0, 0.1) is 23.2 Å². The van der Waals surface area contributed by atoms with E-state index < -0.39 is 5.97 Å². The van der Waals surface area contributed by atoms with Gasteiger partial charge >= 0.3 is 5.97 Å². The highest BCUT2D eigenvalue weighted by atomic mass is 16.5. The van der Waals surface area contributed by atoms with E-state index in [0.717, 1.165) is 17.8 Å². The summed E-state index contributed by atoms with van der Waals surface area (Å²) in [6.45, 7) is 0.446. The Kier molecular flexibility index (Phi) is 5.28. The number of aromatic nitrogens is 2. The number of hydrogen-bond acceptors (Lipinski definition) is 5. The topological polar surface area (TPSA) is 101 Å². The first-order valence-corrected chi connectivity index (χ1v) is 11.4. The van der Waals surface area contributed by atoms with Crippen LogP contribution in [0.1, 0.15) is 50.8 Å². The number of H-pyrrole nitrogens is 1. The minimum atomic E-state index is -0.472. The fourth-order valence-electron chi connectivity index (χ4n) is 6.54. The molecule has 0 spiro atoms. The molecular weight excluding hydrogens is 394 g/mol. The molecule has 4 aliphatic rings. The maximum atomic E-state index is 12.3. The van der Waals surface area contributed by atoms with Crippen molar-refractivity contribution in [2.75, 3.05) is 13.2 Å². The highest BCUT2D eigenvalue weighted by molar-refractivity contribution is 5.80. The van der Waals surface area contributed by atoms with E-state index >= 15 is 0 Å². The molecule has 4 saturated carbocycles. The molecule has 0 saturated heterocycles. The van der Waals surface area contributed by atoms with Crippen LogP contribution in [0.2, 0.25) is 0 Å². The van der Waals surface area contributed by atoms with Gasteiger partial charge in [0.1, 0.15) is 5.82 Å². The van der Waals surface area contributed by atoms with Gasteiger partial charge in [0.2, 0.25) is 0 Å². The van der Waals surface area contributed by atoms with Crippen molar-refractivity contribution >= 4 is 22.8 Å². The molecule has 31 heavy (non-hydrogen) atoms. The summed E-state index contributed by atoms with van der Waals surface area (Å²) in [7, 11) is 0. The second kappa shape index (κ2) is 8.09. The van der Waals surface area contributed by atoms with Gasteiger partial charge in [0.15, 0.2) is 6.61 Å². The second-order valence-corrected chi connectivity index (χ2v) is 9.88. The maximum absolute atomic E-state index is 12.3. The molecule has 164 valence electrons. The van der Waals surface area contributed by atoms with Crippen LogP contribution in [0.3, 0.4) is 0 Å². The van der Waals surface area contributed by atoms with Crippen molar-refractivity contribution in [1.82, 2.24) is 15.3 Å². The first-order chi connectivity index (χ1) is 15.0. The number of aromatic amines is 1. The van der Waals surface area contributed by atoms with Gasteiger partial charge in [-0.25, -0.2) is 4.98 Å². The third kappa shape index (κ3) is 4.36. The predicted molar refractivity (Wildman–Crippen MR) is 115 cm³/mol. The smallest absolute Gasteiger partial charge is 0.306 e. The Morgan fingerprint density at radius 3 is 2.48 bits per heavy atom. The Hall–Kier alpha value is -2.70. The Morgan fingerprint density at radius 1 is 1.10 bits per heavy atom. The average Bonchev–Trinajstić information content (AvgIpc) is 2.74. The van der Waals surface area contributed by atoms with Crippen LogP contribution in [0.5, 0.6) is 0 Å². The molecule has 7 heteroatoms. The van der Waals surface area contributed by atoms with E-state index in [1.807, 2.05) is 6.07 Å². The Morgan fingerprint density at radius 2 is 1.77 bits per heavy atom. The number of para-hydroxylation sites is 1. The van der Waals surface area contributed by atoms with Gasteiger partial charge in [-0.1, -0.05) is 12.1 Å². The van der Waals surface area contributed by atoms with Gasteiger partial charge in [-0.2, -0.15) is 0 Å². The van der Waals surface area contributed by atoms with Crippen LogP contribution in [0.25, 0.3) is 10.9 Å². The Labute approximate surface area is 181 Å². The lowest BCUT2D eigenvalue weighted by atomic mass is 9.49. The standard InChI is InChI=1S/C24H29N3O4/c28-21(25-14-24-10-15-7-16(11-24)9-17(8-15)12-24)13-31-22(29)6-5-20-26-19-4-2-1-3-18(19)23(30)27-20/h1-4,15-17H,5-14H2,(H,25,28)(H,26,27,30). The van der Waals surface area contributed by atoms with Crippen molar-refractivity contribution in [2.24, 2.45) is 23.2 Å². The van der Waals surface area contributed by atoms with Crippen LogP contribution in [0.15, 0.2) is 29.1 Å². The molecule has 0 atom stereocenters. The fraction of sp³-hybridized carbons (Fsp3) is 0.583. The molecule has 0 radical (unpaired) electrons. The monoisotopic (exact) mass is 423 g/mol. The number of nitrogens with one attached hydrogen (secondary N) is 2. The van der Waals surface area contributed by atoms with Gasteiger partial charge in [-0.15, -0.1) is 0 Å². The summed E-state index contributed by atoms with van der Waals surface area (Å²) >= 11 is 0.